The lowest BCUT2D eigenvalue weighted by Gasteiger charge is -2.24. The summed E-state index contributed by atoms with van der Waals surface area (Å²) < 4.78 is 41.4. The molecule has 1 unspecified atom stereocenters. The predicted molar refractivity (Wildman–Crippen MR) is 123 cm³/mol. The van der Waals surface area contributed by atoms with Crippen LogP contribution in [-0.2, 0) is 14.3 Å². The van der Waals surface area contributed by atoms with Gasteiger partial charge in [0, 0.05) is 12.3 Å². The summed E-state index contributed by atoms with van der Waals surface area (Å²) >= 11 is 0. The van der Waals surface area contributed by atoms with Crippen LogP contribution in [-0.4, -0.2) is 58.3 Å². The minimum Gasteiger partial charge on any atom is -0.575 e. The van der Waals surface area contributed by atoms with Crippen LogP contribution in [0.1, 0.15) is 27.0 Å². The standard InChI is InChI=1S/C22H27FN3O9P/c1-12(2)17(19(29)32-4)25-36(31)35-14-8-6-5-7-13(14)33-11-15-18(28)22(3,23)20(34-15)26-10-9-16(27)24-21(26)30/h5-10,12,15,17-18,20,28H,11H2,1-4H3,(H,24,27,30)/t15-,17+,18-,20-,22-/m1/s1. The van der Waals surface area contributed by atoms with Crippen molar-refractivity contribution in [1.29, 1.82) is 0 Å². The molecule has 1 saturated heterocycles. The SMILES string of the molecule is COC(=O)[C@@H](N=[P+]([O-])Oc1ccccc1OC[C@H]1O[C@@H](n2ccc(=O)[nH]c2=O)[C@](C)(F)[C@@H]1O)C(C)C. The molecule has 1 aromatic heterocycles. The monoisotopic (exact) mass is 527 g/mol. The molecule has 2 N–H and O–H groups in total. The van der Waals surface area contributed by atoms with Gasteiger partial charge in [-0.2, -0.15) is 0 Å². The number of carbonyl (C=O) groups excluding carboxylic acids is 1. The van der Waals surface area contributed by atoms with E-state index in [2.05, 4.69) is 9.48 Å². The van der Waals surface area contributed by atoms with Gasteiger partial charge in [0.25, 0.3) is 5.56 Å². The average Bonchev–Trinajstić information content (AvgIpc) is 3.04. The summed E-state index contributed by atoms with van der Waals surface area (Å²) in [4.78, 5) is 49.8. The Hall–Kier alpha value is -3.12. The molecule has 2 heterocycles. The number of ether oxygens (including phenoxy) is 3. The highest BCUT2D eigenvalue weighted by atomic mass is 31.1. The molecule has 196 valence electrons. The molecule has 0 aliphatic carbocycles. The van der Waals surface area contributed by atoms with E-state index in [1.54, 1.807) is 26.0 Å². The summed E-state index contributed by atoms with van der Waals surface area (Å²) in [6.07, 6.45) is -3.36. The molecule has 2 aromatic rings. The van der Waals surface area contributed by atoms with Gasteiger partial charge in [0.15, 0.2) is 23.7 Å². The van der Waals surface area contributed by atoms with E-state index in [1.807, 2.05) is 4.98 Å². The lowest BCUT2D eigenvalue weighted by molar-refractivity contribution is -0.170. The Kier molecular flexibility index (Phi) is 8.62. The normalized spacial score (nSPS) is 25.0. The molecule has 14 heteroatoms. The van der Waals surface area contributed by atoms with Gasteiger partial charge in [0.05, 0.1) is 7.11 Å². The van der Waals surface area contributed by atoms with E-state index in [0.717, 1.165) is 23.8 Å². The van der Waals surface area contributed by atoms with Gasteiger partial charge in [-0.05, 0) is 25.0 Å². The first-order valence-electron chi connectivity index (χ1n) is 10.9. The number of carbonyl (C=O) groups is 1. The summed E-state index contributed by atoms with van der Waals surface area (Å²) in [5, 5.41) is 10.5. The van der Waals surface area contributed by atoms with Crippen molar-refractivity contribution < 1.29 is 37.9 Å². The van der Waals surface area contributed by atoms with Crippen molar-refractivity contribution in [3.8, 4) is 11.5 Å². The highest BCUT2D eigenvalue weighted by molar-refractivity contribution is 7.34. The Morgan fingerprint density at radius 3 is 2.61 bits per heavy atom. The van der Waals surface area contributed by atoms with Crippen molar-refractivity contribution in [3.05, 3.63) is 57.4 Å². The molecule has 1 fully saturated rings. The first-order valence-corrected chi connectivity index (χ1v) is 12.1. The number of alkyl halides is 1. The van der Waals surface area contributed by atoms with E-state index in [4.69, 9.17) is 14.0 Å². The highest BCUT2D eigenvalue weighted by Gasteiger charge is 2.55. The molecule has 1 aliphatic rings. The van der Waals surface area contributed by atoms with Crippen molar-refractivity contribution in [1.82, 2.24) is 9.55 Å². The second-order valence-corrected chi connectivity index (χ2v) is 9.44. The van der Waals surface area contributed by atoms with Crippen molar-refractivity contribution in [2.24, 2.45) is 10.7 Å². The summed E-state index contributed by atoms with van der Waals surface area (Å²) in [5.74, 6) is -0.820. The van der Waals surface area contributed by atoms with Gasteiger partial charge in [-0.15, -0.1) is 0 Å². The number of aromatic nitrogens is 2. The second kappa shape index (κ2) is 11.3. The molecular formula is C22H27FN3O9P. The zero-order chi connectivity index (χ0) is 26.6. The number of benzene rings is 1. The topological polar surface area (TPSA) is 164 Å². The fourth-order valence-corrected chi connectivity index (χ4v) is 4.49. The number of nitrogens with zero attached hydrogens (tertiary/aromatic N) is 2. The number of aliphatic hydroxyl groups is 1. The molecule has 0 saturated carbocycles. The third-order valence-corrected chi connectivity index (χ3v) is 6.33. The number of para-hydroxylation sites is 2. The Morgan fingerprint density at radius 2 is 2.00 bits per heavy atom. The minimum atomic E-state index is -2.69. The molecule has 3 rings (SSSR count). The number of aromatic amines is 1. The molecule has 12 nitrogen and oxygen atoms in total. The summed E-state index contributed by atoms with van der Waals surface area (Å²) in [6, 6.07) is 6.16. The van der Waals surface area contributed by atoms with E-state index in [0.29, 0.717) is 0 Å². The van der Waals surface area contributed by atoms with E-state index >= 15 is 4.39 Å². The Morgan fingerprint density at radius 1 is 1.33 bits per heavy atom. The van der Waals surface area contributed by atoms with E-state index in [-0.39, 0.29) is 24.0 Å². The van der Waals surface area contributed by atoms with Crippen LogP contribution in [0.4, 0.5) is 4.39 Å². The van der Waals surface area contributed by atoms with E-state index in [1.165, 1.54) is 19.2 Å². The molecule has 0 spiro atoms. The van der Waals surface area contributed by atoms with Crippen LogP contribution in [0.5, 0.6) is 11.5 Å². The molecule has 0 bridgehead atoms. The van der Waals surface area contributed by atoms with Crippen LogP contribution < -0.4 is 25.4 Å². The maximum atomic E-state index is 15.3. The number of halogens is 1. The van der Waals surface area contributed by atoms with Crippen molar-refractivity contribution >= 4 is 14.1 Å². The first-order chi connectivity index (χ1) is 16.9. The van der Waals surface area contributed by atoms with Crippen LogP contribution in [0.15, 0.2) is 50.9 Å². The fourth-order valence-electron chi connectivity index (χ4n) is 3.56. The number of aliphatic hydroxyl groups excluding tert-OH is 1. The Labute approximate surface area is 206 Å². The number of rotatable bonds is 9. The zero-order valence-electron chi connectivity index (χ0n) is 20.0. The summed E-state index contributed by atoms with van der Waals surface area (Å²) in [6.45, 7) is 4.13. The Balaban J connectivity index is 1.75. The van der Waals surface area contributed by atoms with Gasteiger partial charge >= 0.3 is 19.8 Å². The lowest BCUT2D eigenvalue weighted by atomic mass is 9.98. The minimum absolute atomic E-state index is 0.0265. The maximum absolute atomic E-state index is 15.3. The van der Waals surface area contributed by atoms with Gasteiger partial charge in [0.1, 0.15) is 18.8 Å². The Bertz CT molecular complexity index is 1230. The van der Waals surface area contributed by atoms with Crippen LogP contribution >= 0.6 is 8.17 Å². The number of nitrogens with one attached hydrogen (secondary N) is 1. The molecule has 0 amide bonds. The molecule has 6 atom stereocenters. The molecule has 0 radical (unpaired) electrons. The number of esters is 1. The number of hydrogen-bond acceptors (Lipinski definition) is 10. The molecule has 36 heavy (non-hydrogen) atoms. The van der Waals surface area contributed by atoms with Crippen molar-refractivity contribution in [3.63, 3.8) is 0 Å². The number of methoxy groups -OCH3 is 1. The molecule has 1 aliphatic heterocycles. The predicted octanol–water partition coefficient (Wildman–Crippen LogP) is 1.03. The smallest absolute Gasteiger partial charge is 0.395 e. The van der Waals surface area contributed by atoms with Crippen LogP contribution in [0.2, 0.25) is 0 Å². The van der Waals surface area contributed by atoms with E-state index in [9.17, 15) is 24.4 Å². The van der Waals surface area contributed by atoms with Crippen molar-refractivity contribution in [2.75, 3.05) is 13.7 Å². The van der Waals surface area contributed by atoms with Gasteiger partial charge in [-0.1, -0.05) is 30.7 Å². The molecule has 1 aromatic carbocycles. The zero-order valence-corrected chi connectivity index (χ0v) is 20.9. The van der Waals surface area contributed by atoms with Gasteiger partial charge in [-0.25, -0.2) is 14.0 Å². The summed E-state index contributed by atoms with van der Waals surface area (Å²) in [7, 11) is -1.49. The van der Waals surface area contributed by atoms with Gasteiger partial charge in [-0.3, -0.25) is 18.9 Å². The fraction of sp³-hybridized carbons (Fsp3) is 0.500. The van der Waals surface area contributed by atoms with Crippen LogP contribution in [0, 0.1) is 5.92 Å². The maximum Gasteiger partial charge on any atom is 0.395 e. The van der Waals surface area contributed by atoms with Crippen molar-refractivity contribution in [2.45, 2.75) is 50.9 Å². The lowest BCUT2D eigenvalue weighted by Crippen LogP contribution is -2.43. The highest BCUT2D eigenvalue weighted by Crippen LogP contribution is 2.41. The van der Waals surface area contributed by atoms with Gasteiger partial charge in [0.2, 0.25) is 5.75 Å². The first kappa shape index (κ1) is 27.5. The number of hydrogen-bond donors (Lipinski definition) is 2. The average molecular weight is 527 g/mol. The largest absolute Gasteiger partial charge is 0.575 e. The second-order valence-electron chi connectivity index (χ2n) is 8.55. The van der Waals surface area contributed by atoms with Crippen LogP contribution in [0.3, 0.4) is 0 Å². The quantitative estimate of drug-likeness (QED) is 0.358. The van der Waals surface area contributed by atoms with E-state index < -0.39 is 55.5 Å². The van der Waals surface area contributed by atoms with Crippen LogP contribution in [0.25, 0.3) is 0 Å². The third-order valence-electron chi connectivity index (χ3n) is 5.54. The number of H-pyrrole nitrogens is 1. The summed E-state index contributed by atoms with van der Waals surface area (Å²) in [5.41, 5.74) is -3.96. The van der Waals surface area contributed by atoms with Gasteiger partial charge < -0.3 is 24.2 Å². The molecular weight excluding hydrogens is 500 g/mol. The third kappa shape index (κ3) is 5.98.